The first-order valence-electron chi connectivity index (χ1n) is 11.9. The number of nitrogens with zero attached hydrogens (tertiary/aromatic N) is 4. The number of aromatic nitrogens is 4. The van der Waals surface area contributed by atoms with E-state index < -0.39 is 5.41 Å². The van der Waals surface area contributed by atoms with Crippen LogP contribution in [0.15, 0.2) is 16.8 Å². The molecule has 8 heteroatoms. The molecule has 0 bridgehead atoms. The summed E-state index contributed by atoms with van der Waals surface area (Å²) in [5.74, 6) is 1.54. The van der Waals surface area contributed by atoms with E-state index in [9.17, 15) is 4.79 Å². The van der Waals surface area contributed by atoms with Gasteiger partial charge in [-0.15, -0.1) is 0 Å². The van der Waals surface area contributed by atoms with E-state index in [1.807, 2.05) is 12.3 Å². The molecule has 2 fully saturated rings. The lowest BCUT2D eigenvalue weighted by Crippen LogP contribution is -2.41. The molecule has 3 aliphatic rings. The second-order valence-corrected chi connectivity index (χ2v) is 10.0. The van der Waals surface area contributed by atoms with Gasteiger partial charge in [0.2, 0.25) is 0 Å². The number of rotatable bonds is 3. The van der Waals surface area contributed by atoms with Crippen molar-refractivity contribution >= 4 is 28.4 Å². The van der Waals surface area contributed by atoms with Gasteiger partial charge < -0.3 is 14.4 Å². The molecular formula is C24H28ClN5O2. The van der Waals surface area contributed by atoms with E-state index in [4.69, 9.17) is 21.1 Å². The molecule has 168 valence electrons. The van der Waals surface area contributed by atoms with Crippen LogP contribution in [0.25, 0.3) is 22.6 Å². The molecule has 1 N–H and O–H groups in total. The van der Waals surface area contributed by atoms with Crippen molar-refractivity contribution in [2.24, 2.45) is 0 Å². The summed E-state index contributed by atoms with van der Waals surface area (Å²) in [7, 11) is 0. The van der Waals surface area contributed by atoms with Crippen molar-refractivity contribution < 1.29 is 9.32 Å². The highest BCUT2D eigenvalue weighted by molar-refractivity contribution is 6.34. The summed E-state index contributed by atoms with van der Waals surface area (Å²) >= 11 is 6.61. The lowest BCUT2D eigenvalue weighted by atomic mass is 9.64. The Morgan fingerprint density at radius 2 is 2.09 bits per heavy atom. The Labute approximate surface area is 191 Å². The van der Waals surface area contributed by atoms with Gasteiger partial charge in [-0.3, -0.25) is 4.79 Å². The zero-order valence-electron chi connectivity index (χ0n) is 18.4. The second-order valence-electron chi connectivity index (χ2n) is 9.65. The largest absolute Gasteiger partial charge is 0.359 e. The van der Waals surface area contributed by atoms with Crippen LogP contribution in [0.5, 0.6) is 0 Å². The summed E-state index contributed by atoms with van der Waals surface area (Å²) in [6.45, 7) is 3.27. The summed E-state index contributed by atoms with van der Waals surface area (Å²) < 4.78 is 8.08. The molecule has 1 aliphatic heterocycles. The highest BCUT2D eigenvalue weighted by Crippen LogP contribution is 2.47. The van der Waals surface area contributed by atoms with Crippen LogP contribution in [-0.4, -0.2) is 38.1 Å². The molecule has 4 heterocycles. The average molecular weight is 454 g/mol. The van der Waals surface area contributed by atoms with E-state index in [-0.39, 0.29) is 6.04 Å². The van der Waals surface area contributed by atoms with E-state index in [1.54, 1.807) is 0 Å². The van der Waals surface area contributed by atoms with Crippen molar-refractivity contribution in [1.29, 1.82) is 0 Å². The molecule has 7 nitrogen and oxygen atoms in total. The van der Waals surface area contributed by atoms with Crippen LogP contribution in [-0.2, 0) is 16.6 Å². The third-order valence-corrected chi connectivity index (χ3v) is 8.19. The maximum absolute atomic E-state index is 13.0. The number of hydrogen-bond donors (Lipinski definition) is 1. The molecule has 1 unspecified atom stereocenters. The summed E-state index contributed by atoms with van der Waals surface area (Å²) in [4.78, 5) is 22.5. The van der Waals surface area contributed by atoms with Crippen molar-refractivity contribution in [3.8, 4) is 11.5 Å². The Morgan fingerprint density at radius 3 is 2.91 bits per heavy atom. The quantitative estimate of drug-likeness (QED) is 0.575. The zero-order valence-corrected chi connectivity index (χ0v) is 19.1. The third-order valence-electron chi connectivity index (χ3n) is 7.90. The smallest absolute Gasteiger partial charge is 0.185 e. The van der Waals surface area contributed by atoms with Gasteiger partial charge in [-0.05, 0) is 64.5 Å². The van der Waals surface area contributed by atoms with Crippen LogP contribution in [0.1, 0.15) is 75.7 Å². The number of carbonyl (C=O) groups is 1. The van der Waals surface area contributed by atoms with Crippen LogP contribution in [0.4, 0.5) is 0 Å². The molecule has 0 aromatic carbocycles. The minimum absolute atomic E-state index is 0.253. The summed E-state index contributed by atoms with van der Waals surface area (Å²) in [6, 6.07) is 2.66. The fourth-order valence-corrected chi connectivity index (χ4v) is 6.34. The van der Waals surface area contributed by atoms with Crippen LogP contribution < -0.4 is 5.32 Å². The van der Waals surface area contributed by atoms with Crippen molar-refractivity contribution in [1.82, 2.24) is 25.0 Å². The Morgan fingerprint density at radius 1 is 1.22 bits per heavy atom. The van der Waals surface area contributed by atoms with Crippen molar-refractivity contribution in [2.75, 3.05) is 6.54 Å². The van der Waals surface area contributed by atoms with E-state index >= 15 is 0 Å². The molecular weight excluding hydrogens is 426 g/mol. The Hall–Kier alpha value is -2.25. The first-order valence-corrected chi connectivity index (χ1v) is 12.3. The van der Waals surface area contributed by atoms with Gasteiger partial charge in [0.25, 0.3) is 0 Å². The van der Waals surface area contributed by atoms with Gasteiger partial charge in [-0.2, -0.15) is 0 Å². The second kappa shape index (κ2) is 7.66. The fourth-order valence-electron chi connectivity index (χ4n) is 6.12. The van der Waals surface area contributed by atoms with Crippen molar-refractivity contribution in [3.63, 3.8) is 0 Å². The molecule has 0 radical (unpaired) electrons. The van der Waals surface area contributed by atoms with Crippen molar-refractivity contribution in [3.05, 3.63) is 28.7 Å². The molecule has 1 saturated carbocycles. The highest BCUT2D eigenvalue weighted by atomic mass is 35.5. The van der Waals surface area contributed by atoms with Crippen LogP contribution in [0.2, 0.25) is 5.15 Å². The molecule has 3 aromatic heterocycles. The number of carbonyl (C=O) groups excluding carboxylic acids is 1. The standard InChI is InChI=1S/C24H28ClN5O2/c1-14(17-7-5-12-26-17)30-13-9-16-21(25)27-22(28-23(16)30)19-15-6-4-11-24(20(15)32-29-19)10-3-2-8-18(24)31/h9,13-14,17,26H,2-8,10-12H2,1H3/t14?,17-,24+/m0/s1. The molecule has 0 amide bonds. The van der Waals surface area contributed by atoms with Crippen LogP contribution in [0, 0.1) is 0 Å². The fraction of sp³-hybridized carbons (Fsp3) is 0.583. The SMILES string of the molecule is CC([C@@H]1CCCN1)n1ccc2c(Cl)nc(-c3noc4c3CCC[C@@]43CCCCC3=O)nc21. The van der Waals surface area contributed by atoms with E-state index in [0.717, 1.165) is 73.8 Å². The predicted octanol–water partition coefficient (Wildman–Crippen LogP) is 4.77. The number of hydrogen-bond acceptors (Lipinski definition) is 6. The Kier molecular flexibility index (Phi) is 4.88. The Balaban J connectivity index is 1.45. The van der Waals surface area contributed by atoms with Crippen LogP contribution in [0.3, 0.4) is 0 Å². The van der Waals surface area contributed by atoms with Gasteiger partial charge in [0, 0.05) is 30.3 Å². The minimum Gasteiger partial charge on any atom is -0.359 e. The number of fused-ring (bicyclic) bond motifs is 3. The number of Topliss-reactive ketones (excluding diaryl/α,β-unsaturated/α-hetero) is 1. The average Bonchev–Trinajstić information content (AvgIpc) is 3.55. The van der Waals surface area contributed by atoms with Gasteiger partial charge in [-0.25, -0.2) is 9.97 Å². The lowest BCUT2D eigenvalue weighted by molar-refractivity contribution is -0.128. The molecule has 1 spiro atoms. The summed E-state index contributed by atoms with van der Waals surface area (Å²) in [6.07, 6.45) is 10.5. The summed E-state index contributed by atoms with van der Waals surface area (Å²) in [5, 5.41) is 9.26. The van der Waals surface area contributed by atoms with E-state index in [2.05, 4.69) is 26.9 Å². The molecule has 2 aliphatic carbocycles. The summed E-state index contributed by atoms with van der Waals surface area (Å²) in [5.41, 5.74) is 1.94. The lowest BCUT2D eigenvalue weighted by Gasteiger charge is -2.36. The Bertz CT molecular complexity index is 1190. The first kappa shape index (κ1) is 20.4. The highest BCUT2D eigenvalue weighted by Gasteiger charge is 2.48. The maximum atomic E-state index is 13.0. The van der Waals surface area contributed by atoms with E-state index in [0.29, 0.717) is 34.9 Å². The topological polar surface area (TPSA) is 85.8 Å². The monoisotopic (exact) mass is 453 g/mol. The molecule has 1 saturated heterocycles. The van der Waals surface area contributed by atoms with Gasteiger partial charge in [0.1, 0.15) is 16.6 Å². The van der Waals surface area contributed by atoms with Crippen molar-refractivity contribution in [2.45, 2.75) is 82.2 Å². The molecule has 3 atom stereocenters. The molecule has 32 heavy (non-hydrogen) atoms. The maximum Gasteiger partial charge on any atom is 0.185 e. The van der Waals surface area contributed by atoms with Crippen LogP contribution >= 0.6 is 11.6 Å². The predicted molar refractivity (Wildman–Crippen MR) is 122 cm³/mol. The molecule has 3 aromatic rings. The number of ketones is 1. The van der Waals surface area contributed by atoms with Gasteiger partial charge in [0.05, 0.1) is 10.8 Å². The van der Waals surface area contributed by atoms with Gasteiger partial charge in [-0.1, -0.05) is 23.2 Å². The minimum atomic E-state index is -0.506. The zero-order chi connectivity index (χ0) is 21.9. The molecule has 6 rings (SSSR count). The number of nitrogens with one attached hydrogen (secondary N) is 1. The van der Waals surface area contributed by atoms with Gasteiger partial charge in [0.15, 0.2) is 17.3 Å². The normalized spacial score (nSPS) is 26.7. The first-order chi connectivity index (χ1) is 15.6. The number of halogens is 1. The van der Waals surface area contributed by atoms with E-state index in [1.165, 1.54) is 6.42 Å². The van der Waals surface area contributed by atoms with Gasteiger partial charge >= 0.3 is 0 Å². The third kappa shape index (κ3) is 2.97.